The lowest BCUT2D eigenvalue weighted by Crippen LogP contribution is -2.38. The zero-order chi connectivity index (χ0) is 18.4. The Morgan fingerprint density at radius 1 is 1.26 bits per heavy atom. The second-order valence-corrected chi connectivity index (χ2v) is 6.84. The summed E-state index contributed by atoms with van der Waals surface area (Å²) < 4.78 is 7.65. The van der Waals surface area contributed by atoms with Gasteiger partial charge in [-0.15, -0.1) is 24.0 Å². The van der Waals surface area contributed by atoms with Crippen LogP contribution in [0.3, 0.4) is 0 Å². The maximum atomic E-state index is 5.65. The number of aromatic nitrogens is 2. The van der Waals surface area contributed by atoms with Gasteiger partial charge < -0.3 is 15.4 Å². The van der Waals surface area contributed by atoms with Crippen molar-refractivity contribution < 1.29 is 4.74 Å². The fraction of sp³-hybridized carbons (Fsp3) is 0.500. The molecular formula is C20H30IN5O. The Morgan fingerprint density at radius 3 is 2.70 bits per heavy atom. The Morgan fingerprint density at radius 2 is 2.04 bits per heavy atom. The van der Waals surface area contributed by atoms with E-state index in [4.69, 9.17) is 4.74 Å². The second kappa shape index (κ2) is 10.7. The molecule has 7 heteroatoms. The molecule has 6 nitrogen and oxygen atoms in total. The number of halogens is 1. The van der Waals surface area contributed by atoms with Gasteiger partial charge in [-0.05, 0) is 50.3 Å². The van der Waals surface area contributed by atoms with Crippen LogP contribution in [-0.2, 0) is 11.3 Å². The lowest BCUT2D eigenvalue weighted by atomic mass is 10.1. The number of benzene rings is 1. The van der Waals surface area contributed by atoms with Gasteiger partial charge >= 0.3 is 0 Å². The molecule has 0 saturated heterocycles. The van der Waals surface area contributed by atoms with Crippen molar-refractivity contribution in [2.24, 2.45) is 10.9 Å². The highest BCUT2D eigenvalue weighted by Crippen LogP contribution is 2.28. The van der Waals surface area contributed by atoms with Crippen molar-refractivity contribution in [2.45, 2.75) is 33.2 Å². The molecule has 1 aromatic heterocycles. The zero-order valence-electron chi connectivity index (χ0n) is 16.4. The number of hydrogen-bond donors (Lipinski definition) is 2. The average molecular weight is 483 g/mol. The van der Waals surface area contributed by atoms with E-state index < -0.39 is 0 Å². The molecule has 3 rings (SSSR count). The number of aliphatic imine (C=N–C) groups is 1. The molecule has 148 valence electrons. The smallest absolute Gasteiger partial charge is 0.191 e. The van der Waals surface area contributed by atoms with Crippen LogP contribution >= 0.6 is 24.0 Å². The van der Waals surface area contributed by atoms with Crippen molar-refractivity contribution in [1.82, 2.24) is 20.4 Å². The third-order valence-electron chi connectivity index (χ3n) is 4.49. The fourth-order valence-electron chi connectivity index (χ4n) is 2.92. The van der Waals surface area contributed by atoms with Gasteiger partial charge in [-0.25, -0.2) is 4.68 Å². The molecule has 27 heavy (non-hydrogen) atoms. The number of rotatable bonds is 8. The van der Waals surface area contributed by atoms with E-state index in [9.17, 15) is 0 Å². The van der Waals surface area contributed by atoms with Gasteiger partial charge in [-0.2, -0.15) is 5.10 Å². The molecule has 1 fully saturated rings. The minimum absolute atomic E-state index is 0. The van der Waals surface area contributed by atoms with Crippen LogP contribution in [0.25, 0.3) is 5.69 Å². The molecular weight excluding hydrogens is 453 g/mol. The van der Waals surface area contributed by atoms with Gasteiger partial charge in [0.15, 0.2) is 5.96 Å². The van der Waals surface area contributed by atoms with Crippen LogP contribution in [0.1, 0.15) is 29.8 Å². The average Bonchev–Trinajstić information content (AvgIpc) is 3.40. The molecule has 0 aliphatic heterocycles. The van der Waals surface area contributed by atoms with Crippen LogP contribution in [0.2, 0.25) is 0 Å². The first-order valence-electron chi connectivity index (χ1n) is 9.31. The van der Waals surface area contributed by atoms with E-state index in [0.29, 0.717) is 13.2 Å². The molecule has 1 aliphatic rings. The summed E-state index contributed by atoms with van der Waals surface area (Å²) in [4.78, 5) is 4.29. The molecule has 0 unspecified atom stereocenters. The summed E-state index contributed by atoms with van der Waals surface area (Å²) in [6.07, 6.45) is 2.65. The standard InChI is InChI=1S/C20H29N5O.HI/c1-15-12-16(2)25(24-15)19-7-5-4-6-18(19)13-23-20(21-3)22-10-11-26-14-17-8-9-17;/h4-7,12,17H,8-11,13-14H2,1-3H3,(H2,21,22,23);1H. The van der Waals surface area contributed by atoms with Gasteiger partial charge in [0.2, 0.25) is 0 Å². The molecule has 2 N–H and O–H groups in total. The third kappa shape index (κ3) is 6.49. The van der Waals surface area contributed by atoms with Crippen LogP contribution in [0.5, 0.6) is 0 Å². The molecule has 0 bridgehead atoms. The van der Waals surface area contributed by atoms with Gasteiger partial charge in [0.05, 0.1) is 18.0 Å². The molecule has 2 aromatic rings. The van der Waals surface area contributed by atoms with Crippen molar-refractivity contribution in [3.8, 4) is 5.69 Å². The predicted molar refractivity (Wildman–Crippen MR) is 120 cm³/mol. The highest BCUT2D eigenvalue weighted by atomic mass is 127. The van der Waals surface area contributed by atoms with E-state index >= 15 is 0 Å². The molecule has 0 atom stereocenters. The van der Waals surface area contributed by atoms with E-state index in [1.54, 1.807) is 7.05 Å². The molecule has 0 spiro atoms. The van der Waals surface area contributed by atoms with Crippen molar-refractivity contribution in [3.05, 3.63) is 47.3 Å². The first kappa shape index (κ1) is 21.7. The monoisotopic (exact) mass is 483 g/mol. The molecule has 1 aliphatic carbocycles. The fourth-order valence-corrected chi connectivity index (χ4v) is 2.92. The van der Waals surface area contributed by atoms with Gasteiger partial charge in [0.25, 0.3) is 0 Å². The second-order valence-electron chi connectivity index (χ2n) is 6.84. The van der Waals surface area contributed by atoms with E-state index in [0.717, 1.165) is 42.1 Å². The summed E-state index contributed by atoms with van der Waals surface area (Å²) in [6.45, 7) is 7.12. The zero-order valence-corrected chi connectivity index (χ0v) is 18.7. The lowest BCUT2D eigenvalue weighted by molar-refractivity contribution is 0.129. The van der Waals surface area contributed by atoms with Gasteiger partial charge in [-0.1, -0.05) is 18.2 Å². The van der Waals surface area contributed by atoms with Crippen molar-refractivity contribution in [1.29, 1.82) is 0 Å². The van der Waals surface area contributed by atoms with Crippen LogP contribution in [0.15, 0.2) is 35.3 Å². The van der Waals surface area contributed by atoms with E-state index in [1.807, 2.05) is 23.7 Å². The number of nitrogens with one attached hydrogen (secondary N) is 2. The Kier molecular flexibility index (Phi) is 8.56. The first-order valence-corrected chi connectivity index (χ1v) is 9.31. The van der Waals surface area contributed by atoms with Crippen LogP contribution in [0.4, 0.5) is 0 Å². The van der Waals surface area contributed by atoms with E-state index in [1.165, 1.54) is 18.4 Å². The van der Waals surface area contributed by atoms with Crippen molar-refractivity contribution >= 4 is 29.9 Å². The Bertz CT molecular complexity index is 755. The molecule has 1 heterocycles. The first-order chi connectivity index (χ1) is 12.7. The Hall–Kier alpha value is -1.61. The summed E-state index contributed by atoms with van der Waals surface area (Å²) in [5.74, 6) is 1.58. The number of ether oxygens (including phenoxy) is 1. The predicted octanol–water partition coefficient (Wildman–Crippen LogP) is 3.20. The van der Waals surface area contributed by atoms with Crippen molar-refractivity contribution in [3.63, 3.8) is 0 Å². The molecule has 0 amide bonds. The topological polar surface area (TPSA) is 63.5 Å². The van der Waals surface area contributed by atoms with Crippen LogP contribution < -0.4 is 10.6 Å². The quantitative estimate of drug-likeness (QED) is 0.262. The lowest BCUT2D eigenvalue weighted by Gasteiger charge is -2.15. The van der Waals surface area contributed by atoms with Crippen molar-refractivity contribution in [2.75, 3.05) is 26.8 Å². The Balaban J connectivity index is 0.00000261. The minimum Gasteiger partial charge on any atom is -0.379 e. The summed E-state index contributed by atoms with van der Waals surface area (Å²) >= 11 is 0. The number of aryl methyl sites for hydroxylation is 2. The highest BCUT2D eigenvalue weighted by molar-refractivity contribution is 14.0. The van der Waals surface area contributed by atoms with Gasteiger partial charge in [0.1, 0.15) is 0 Å². The summed E-state index contributed by atoms with van der Waals surface area (Å²) in [5.41, 5.74) is 4.42. The summed E-state index contributed by atoms with van der Waals surface area (Å²) in [7, 11) is 1.79. The normalized spacial score (nSPS) is 14.0. The highest BCUT2D eigenvalue weighted by Gasteiger charge is 2.20. The maximum Gasteiger partial charge on any atom is 0.191 e. The van der Waals surface area contributed by atoms with Crippen LogP contribution in [-0.4, -0.2) is 42.5 Å². The third-order valence-corrected chi connectivity index (χ3v) is 4.49. The number of guanidine groups is 1. The molecule has 1 saturated carbocycles. The molecule has 1 aromatic carbocycles. The number of nitrogens with zero attached hydrogens (tertiary/aromatic N) is 3. The minimum atomic E-state index is 0. The van der Waals surface area contributed by atoms with E-state index in [-0.39, 0.29) is 24.0 Å². The summed E-state index contributed by atoms with van der Waals surface area (Å²) in [5, 5.41) is 11.3. The summed E-state index contributed by atoms with van der Waals surface area (Å²) in [6, 6.07) is 10.4. The van der Waals surface area contributed by atoms with E-state index in [2.05, 4.69) is 45.8 Å². The van der Waals surface area contributed by atoms with Crippen LogP contribution in [0, 0.1) is 19.8 Å². The maximum absolute atomic E-state index is 5.65. The molecule has 0 radical (unpaired) electrons. The largest absolute Gasteiger partial charge is 0.379 e. The number of hydrogen-bond acceptors (Lipinski definition) is 3. The number of para-hydroxylation sites is 1. The Labute approximate surface area is 178 Å². The SMILES string of the molecule is CN=C(NCCOCC1CC1)NCc1ccccc1-n1nc(C)cc1C.I. The van der Waals surface area contributed by atoms with Gasteiger partial charge in [0, 0.05) is 32.4 Å². The van der Waals surface area contributed by atoms with Gasteiger partial charge in [-0.3, -0.25) is 4.99 Å².